The summed E-state index contributed by atoms with van der Waals surface area (Å²) in [6, 6.07) is 7.78. The van der Waals surface area contributed by atoms with E-state index < -0.39 is 0 Å². The zero-order valence-electron chi connectivity index (χ0n) is 16.7. The van der Waals surface area contributed by atoms with Crippen LogP contribution < -0.4 is 0 Å². The molecule has 1 aromatic rings. The van der Waals surface area contributed by atoms with Crippen molar-refractivity contribution in [2.24, 2.45) is 5.41 Å². The van der Waals surface area contributed by atoms with E-state index in [1.54, 1.807) is 19.0 Å². The van der Waals surface area contributed by atoms with Crippen molar-refractivity contribution in [2.75, 3.05) is 60.0 Å². The van der Waals surface area contributed by atoms with E-state index in [0.29, 0.717) is 19.8 Å². The normalized spacial score (nSPS) is 20.3. The molecule has 3 rings (SSSR count). The third-order valence-corrected chi connectivity index (χ3v) is 5.79. The number of hydrogen-bond donors (Lipinski definition) is 0. The molecule has 0 bridgehead atoms. The van der Waals surface area contributed by atoms with Crippen LogP contribution in [0.5, 0.6) is 0 Å². The number of rotatable bonds is 3. The lowest BCUT2D eigenvalue weighted by Crippen LogP contribution is -2.50. The molecule has 6 heteroatoms. The summed E-state index contributed by atoms with van der Waals surface area (Å²) >= 11 is 0. The maximum atomic E-state index is 12.8. The Morgan fingerprint density at radius 3 is 2.41 bits per heavy atom. The summed E-state index contributed by atoms with van der Waals surface area (Å²) in [4.78, 5) is 30.7. The smallest absolute Gasteiger partial charge is 0.253 e. The van der Waals surface area contributed by atoms with Gasteiger partial charge in [-0.1, -0.05) is 17.7 Å². The largest absolute Gasteiger partial charge is 0.379 e. The summed E-state index contributed by atoms with van der Waals surface area (Å²) in [6.07, 6.45) is 1.83. The number of nitrogens with zero attached hydrogens (tertiary/aromatic N) is 3. The van der Waals surface area contributed by atoms with E-state index >= 15 is 0 Å². The number of amides is 2. The number of carbonyl (C=O) groups excluding carboxylic acids is 2. The number of aryl methyl sites for hydroxylation is 1. The van der Waals surface area contributed by atoms with Gasteiger partial charge >= 0.3 is 0 Å². The van der Waals surface area contributed by atoms with Crippen LogP contribution in [0.3, 0.4) is 0 Å². The first-order chi connectivity index (χ1) is 12.9. The second kappa shape index (κ2) is 8.40. The first-order valence-corrected chi connectivity index (χ1v) is 9.75. The Hall–Kier alpha value is -1.92. The van der Waals surface area contributed by atoms with Gasteiger partial charge in [-0.05, 0) is 31.9 Å². The predicted molar refractivity (Wildman–Crippen MR) is 105 cm³/mol. The molecule has 0 atom stereocenters. The average molecular weight is 373 g/mol. The van der Waals surface area contributed by atoms with Crippen LogP contribution in [-0.4, -0.2) is 86.5 Å². The number of likely N-dealkylation sites (N-methyl/N-ethyl adjacent to an activating group) is 1. The third-order valence-electron chi connectivity index (χ3n) is 5.79. The quantitative estimate of drug-likeness (QED) is 0.808. The first kappa shape index (κ1) is 19.8. The summed E-state index contributed by atoms with van der Waals surface area (Å²) in [5, 5.41) is 0. The lowest BCUT2D eigenvalue weighted by molar-refractivity contribution is -0.130. The fourth-order valence-electron chi connectivity index (χ4n) is 3.91. The highest BCUT2D eigenvalue weighted by Crippen LogP contribution is 2.34. The number of benzene rings is 1. The molecule has 27 heavy (non-hydrogen) atoms. The van der Waals surface area contributed by atoms with Crippen LogP contribution in [0, 0.1) is 12.3 Å². The Morgan fingerprint density at radius 2 is 1.78 bits per heavy atom. The molecule has 2 fully saturated rings. The molecule has 2 heterocycles. The maximum Gasteiger partial charge on any atom is 0.253 e. The minimum atomic E-state index is 0.0349. The molecule has 2 amide bonds. The van der Waals surface area contributed by atoms with E-state index in [9.17, 15) is 9.59 Å². The van der Waals surface area contributed by atoms with Gasteiger partial charge in [0.15, 0.2) is 0 Å². The van der Waals surface area contributed by atoms with Crippen LogP contribution in [0.1, 0.15) is 28.8 Å². The van der Waals surface area contributed by atoms with Gasteiger partial charge in [0.25, 0.3) is 5.91 Å². The van der Waals surface area contributed by atoms with Gasteiger partial charge in [0.05, 0.1) is 19.8 Å². The van der Waals surface area contributed by atoms with Crippen LogP contribution in [-0.2, 0) is 9.53 Å². The summed E-state index contributed by atoms with van der Waals surface area (Å²) in [6.45, 7) is 6.96. The van der Waals surface area contributed by atoms with Crippen molar-refractivity contribution >= 4 is 11.8 Å². The van der Waals surface area contributed by atoms with Crippen molar-refractivity contribution in [1.29, 1.82) is 0 Å². The molecule has 2 aliphatic heterocycles. The Bertz CT molecular complexity index is 664. The van der Waals surface area contributed by atoms with Gasteiger partial charge < -0.3 is 14.5 Å². The Morgan fingerprint density at radius 1 is 1.11 bits per heavy atom. The topological polar surface area (TPSA) is 53.1 Å². The van der Waals surface area contributed by atoms with Crippen molar-refractivity contribution in [3.63, 3.8) is 0 Å². The molecule has 0 aliphatic carbocycles. The van der Waals surface area contributed by atoms with Gasteiger partial charge in [0, 0.05) is 51.3 Å². The van der Waals surface area contributed by atoms with Crippen LogP contribution in [0.2, 0.25) is 0 Å². The molecule has 0 radical (unpaired) electrons. The SMILES string of the molecule is Cc1ccc(C(=O)N2CCC3(CC2)COCCN(CC(=O)N(C)C)C3)cc1. The van der Waals surface area contributed by atoms with E-state index in [-0.39, 0.29) is 17.2 Å². The minimum Gasteiger partial charge on any atom is -0.379 e. The zero-order valence-corrected chi connectivity index (χ0v) is 16.7. The van der Waals surface area contributed by atoms with E-state index in [1.165, 1.54) is 0 Å². The second-order valence-corrected chi connectivity index (χ2v) is 8.21. The van der Waals surface area contributed by atoms with Crippen LogP contribution in [0.25, 0.3) is 0 Å². The van der Waals surface area contributed by atoms with Gasteiger partial charge in [-0.25, -0.2) is 0 Å². The highest BCUT2D eigenvalue weighted by molar-refractivity contribution is 5.94. The van der Waals surface area contributed by atoms with E-state index in [1.807, 2.05) is 36.1 Å². The average Bonchev–Trinajstić information content (AvgIpc) is 2.84. The summed E-state index contributed by atoms with van der Waals surface area (Å²) in [5.74, 6) is 0.234. The zero-order chi connectivity index (χ0) is 19.4. The molecule has 2 saturated heterocycles. The lowest BCUT2D eigenvalue weighted by atomic mass is 9.78. The van der Waals surface area contributed by atoms with E-state index in [2.05, 4.69) is 4.90 Å². The fraction of sp³-hybridized carbons (Fsp3) is 0.619. The number of carbonyl (C=O) groups is 2. The van der Waals surface area contributed by atoms with Gasteiger partial charge in [-0.2, -0.15) is 0 Å². The minimum absolute atomic E-state index is 0.0349. The first-order valence-electron chi connectivity index (χ1n) is 9.75. The lowest BCUT2D eigenvalue weighted by Gasteiger charge is -2.42. The molecule has 0 saturated carbocycles. The Balaban J connectivity index is 1.61. The molecule has 6 nitrogen and oxygen atoms in total. The number of likely N-dealkylation sites (tertiary alicyclic amines) is 1. The molecule has 0 aromatic heterocycles. The van der Waals surface area contributed by atoms with Crippen LogP contribution >= 0.6 is 0 Å². The molecule has 2 aliphatic rings. The van der Waals surface area contributed by atoms with Crippen molar-refractivity contribution in [1.82, 2.24) is 14.7 Å². The highest BCUT2D eigenvalue weighted by Gasteiger charge is 2.39. The third kappa shape index (κ3) is 4.87. The Kier molecular flexibility index (Phi) is 6.17. The van der Waals surface area contributed by atoms with Crippen molar-refractivity contribution in [3.8, 4) is 0 Å². The van der Waals surface area contributed by atoms with Gasteiger partial charge in [-0.15, -0.1) is 0 Å². The van der Waals surface area contributed by atoms with Gasteiger partial charge in [0.1, 0.15) is 0 Å². The molecular weight excluding hydrogens is 342 g/mol. The predicted octanol–water partition coefficient (Wildman–Crippen LogP) is 1.64. The molecule has 1 spiro atoms. The van der Waals surface area contributed by atoms with E-state index in [4.69, 9.17) is 4.74 Å². The summed E-state index contributed by atoms with van der Waals surface area (Å²) < 4.78 is 5.88. The number of hydrogen-bond acceptors (Lipinski definition) is 4. The van der Waals surface area contributed by atoms with Crippen molar-refractivity contribution in [3.05, 3.63) is 35.4 Å². The number of ether oxygens (including phenoxy) is 1. The van der Waals surface area contributed by atoms with Crippen LogP contribution in [0.4, 0.5) is 0 Å². The van der Waals surface area contributed by atoms with Crippen molar-refractivity contribution < 1.29 is 14.3 Å². The van der Waals surface area contributed by atoms with Gasteiger partial charge in [0.2, 0.25) is 5.91 Å². The maximum absolute atomic E-state index is 12.8. The summed E-state index contributed by atoms with van der Waals surface area (Å²) in [7, 11) is 3.59. The standard InChI is InChI=1S/C21H31N3O3/c1-17-4-6-18(7-5-17)20(26)24-10-8-21(9-11-24)15-23(12-13-27-16-21)14-19(25)22(2)3/h4-7H,8-16H2,1-3H3. The fourth-order valence-corrected chi connectivity index (χ4v) is 3.91. The highest BCUT2D eigenvalue weighted by atomic mass is 16.5. The molecule has 148 valence electrons. The van der Waals surface area contributed by atoms with Crippen molar-refractivity contribution in [2.45, 2.75) is 19.8 Å². The molecular formula is C21H31N3O3. The molecule has 1 aromatic carbocycles. The second-order valence-electron chi connectivity index (χ2n) is 8.21. The number of piperidine rings is 1. The molecule has 0 N–H and O–H groups in total. The van der Waals surface area contributed by atoms with Gasteiger partial charge in [-0.3, -0.25) is 14.5 Å². The van der Waals surface area contributed by atoms with E-state index in [0.717, 1.165) is 50.1 Å². The Labute approximate surface area is 162 Å². The molecule has 0 unspecified atom stereocenters. The monoisotopic (exact) mass is 373 g/mol. The summed E-state index contributed by atoms with van der Waals surface area (Å²) in [5.41, 5.74) is 1.95. The van der Waals surface area contributed by atoms with Crippen LogP contribution in [0.15, 0.2) is 24.3 Å².